The lowest BCUT2D eigenvalue weighted by Gasteiger charge is -2.17. The standard InChI is InChI=1S/C12H14INO2/c1-2-16-12(15)14-11-9-6-4-3-5-8(9)7-10(11)13/h3-6,10-11H,2,7H2,1H3,(H,14,15). The summed E-state index contributed by atoms with van der Waals surface area (Å²) in [5.41, 5.74) is 2.54. The van der Waals surface area contributed by atoms with E-state index in [0.717, 1.165) is 6.42 Å². The minimum atomic E-state index is -0.328. The van der Waals surface area contributed by atoms with Gasteiger partial charge >= 0.3 is 6.09 Å². The van der Waals surface area contributed by atoms with E-state index in [-0.39, 0.29) is 12.1 Å². The van der Waals surface area contributed by atoms with E-state index >= 15 is 0 Å². The molecule has 0 saturated heterocycles. The predicted molar refractivity (Wildman–Crippen MR) is 70.9 cm³/mol. The molecule has 2 atom stereocenters. The van der Waals surface area contributed by atoms with Gasteiger partial charge in [-0.15, -0.1) is 0 Å². The van der Waals surface area contributed by atoms with Crippen molar-refractivity contribution in [2.24, 2.45) is 0 Å². The molecule has 0 aliphatic heterocycles. The number of carbonyl (C=O) groups is 1. The van der Waals surface area contributed by atoms with Crippen LogP contribution in [0.25, 0.3) is 0 Å². The quantitative estimate of drug-likeness (QED) is 0.669. The van der Waals surface area contributed by atoms with Crippen LogP contribution in [0.2, 0.25) is 0 Å². The molecule has 1 N–H and O–H groups in total. The zero-order chi connectivity index (χ0) is 11.5. The third kappa shape index (κ3) is 2.31. The number of hydrogen-bond donors (Lipinski definition) is 1. The van der Waals surface area contributed by atoms with Crippen molar-refractivity contribution in [2.75, 3.05) is 6.61 Å². The Kier molecular flexibility index (Phi) is 3.68. The van der Waals surface area contributed by atoms with Crippen LogP contribution in [0.15, 0.2) is 24.3 Å². The van der Waals surface area contributed by atoms with E-state index in [1.54, 1.807) is 0 Å². The number of hydrogen-bond acceptors (Lipinski definition) is 2. The van der Waals surface area contributed by atoms with Crippen LogP contribution in [0.3, 0.4) is 0 Å². The van der Waals surface area contributed by atoms with Gasteiger partial charge in [-0.3, -0.25) is 0 Å². The van der Waals surface area contributed by atoms with E-state index in [0.29, 0.717) is 10.5 Å². The smallest absolute Gasteiger partial charge is 0.407 e. The number of amides is 1. The molecule has 1 aliphatic carbocycles. The highest BCUT2D eigenvalue weighted by Gasteiger charge is 2.31. The van der Waals surface area contributed by atoms with Crippen LogP contribution in [0.1, 0.15) is 24.1 Å². The lowest BCUT2D eigenvalue weighted by Crippen LogP contribution is -2.32. The molecule has 1 aliphatic rings. The Hall–Kier alpha value is -0.780. The largest absolute Gasteiger partial charge is 0.450 e. The fraction of sp³-hybridized carbons (Fsp3) is 0.417. The topological polar surface area (TPSA) is 38.3 Å². The van der Waals surface area contributed by atoms with Crippen molar-refractivity contribution < 1.29 is 9.53 Å². The summed E-state index contributed by atoms with van der Waals surface area (Å²) in [4.78, 5) is 11.4. The molecule has 0 aromatic heterocycles. The van der Waals surface area contributed by atoms with Crippen LogP contribution >= 0.6 is 22.6 Å². The van der Waals surface area contributed by atoms with Crippen molar-refractivity contribution in [3.8, 4) is 0 Å². The van der Waals surface area contributed by atoms with Gasteiger partial charge < -0.3 is 10.1 Å². The Bertz CT molecular complexity index is 394. The van der Waals surface area contributed by atoms with Crippen LogP contribution < -0.4 is 5.32 Å². The number of rotatable bonds is 2. The van der Waals surface area contributed by atoms with Crippen molar-refractivity contribution in [2.45, 2.75) is 23.3 Å². The van der Waals surface area contributed by atoms with Gasteiger partial charge in [-0.1, -0.05) is 46.9 Å². The first kappa shape index (κ1) is 11.7. The summed E-state index contributed by atoms with van der Waals surface area (Å²) < 4.78 is 5.32. The Balaban J connectivity index is 2.13. The molecule has 16 heavy (non-hydrogen) atoms. The maximum atomic E-state index is 11.4. The maximum Gasteiger partial charge on any atom is 0.407 e. The first-order valence-electron chi connectivity index (χ1n) is 5.37. The van der Waals surface area contributed by atoms with E-state index in [1.165, 1.54) is 11.1 Å². The normalized spacial score (nSPS) is 22.6. The molecule has 0 radical (unpaired) electrons. The van der Waals surface area contributed by atoms with Crippen molar-refractivity contribution >= 4 is 28.7 Å². The Morgan fingerprint density at radius 3 is 3.06 bits per heavy atom. The molecule has 2 unspecified atom stereocenters. The monoisotopic (exact) mass is 331 g/mol. The van der Waals surface area contributed by atoms with Crippen LogP contribution in [0, 0.1) is 0 Å². The number of halogens is 1. The Labute approximate surface area is 109 Å². The molecule has 2 rings (SSSR count). The van der Waals surface area contributed by atoms with Gasteiger partial charge in [0.1, 0.15) is 0 Å². The molecule has 3 nitrogen and oxygen atoms in total. The second-order valence-electron chi connectivity index (χ2n) is 3.76. The Morgan fingerprint density at radius 1 is 1.56 bits per heavy atom. The fourth-order valence-electron chi connectivity index (χ4n) is 2.01. The SMILES string of the molecule is CCOC(=O)NC1c2ccccc2CC1I. The number of benzene rings is 1. The fourth-order valence-corrected chi connectivity index (χ4v) is 3.06. The highest BCUT2D eigenvalue weighted by atomic mass is 127. The molecule has 0 spiro atoms. The molecule has 1 amide bonds. The third-order valence-corrected chi connectivity index (χ3v) is 3.88. The molecular weight excluding hydrogens is 317 g/mol. The van der Waals surface area contributed by atoms with Gasteiger partial charge in [0, 0.05) is 3.92 Å². The molecule has 0 bridgehead atoms. The van der Waals surface area contributed by atoms with Crippen LogP contribution in [0.4, 0.5) is 4.79 Å². The summed E-state index contributed by atoms with van der Waals surface area (Å²) in [6, 6.07) is 8.32. The van der Waals surface area contributed by atoms with Gasteiger partial charge in [0.25, 0.3) is 0 Å². The zero-order valence-corrected chi connectivity index (χ0v) is 11.2. The van der Waals surface area contributed by atoms with E-state index in [9.17, 15) is 4.79 Å². The third-order valence-electron chi connectivity index (χ3n) is 2.72. The molecular formula is C12H14INO2. The van der Waals surface area contributed by atoms with Crippen molar-refractivity contribution in [1.82, 2.24) is 5.32 Å². The molecule has 0 saturated carbocycles. The lowest BCUT2D eigenvalue weighted by atomic mass is 10.1. The van der Waals surface area contributed by atoms with Crippen LogP contribution in [-0.4, -0.2) is 16.6 Å². The number of ether oxygens (including phenoxy) is 1. The minimum absolute atomic E-state index is 0.0795. The van der Waals surface area contributed by atoms with Crippen molar-refractivity contribution in [1.29, 1.82) is 0 Å². The molecule has 86 valence electrons. The number of nitrogens with one attached hydrogen (secondary N) is 1. The van der Waals surface area contributed by atoms with Gasteiger partial charge in [-0.25, -0.2) is 4.79 Å². The van der Waals surface area contributed by atoms with Gasteiger partial charge in [0.05, 0.1) is 12.6 Å². The maximum absolute atomic E-state index is 11.4. The van der Waals surface area contributed by atoms with Crippen LogP contribution in [-0.2, 0) is 11.2 Å². The molecule has 0 heterocycles. The van der Waals surface area contributed by atoms with Crippen LogP contribution in [0.5, 0.6) is 0 Å². The summed E-state index contributed by atoms with van der Waals surface area (Å²) in [7, 11) is 0. The second kappa shape index (κ2) is 5.03. The van der Waals surface area contributed by atoms with Gasteiger partial charge in [0.2, 0.25) is 0 Å². The van der Waals surface area contributed by atoms with E-state index in [4.69, 9.17) is 4.74 Å². The average Bonchev–Trinajstić information content (AvgIpc) is 2.56. The molecule has 4 heteroatoms. The summed E-state index contributed by atoms with van der Waals surface area (Å²) in [5, 5.41) is 2.92. The first-order chi connectivity index (χ1) is 7.72. The summed E-state index contributed by atoms with van der Waals surface area (Å²) in [6.45, 7) is 2.22. The lowest BCUT2D eigenvalue weighted by molar-refractivity contribution is 0.148. The molecule has 1 aromatic rings. The Morgan fingerprint density at radius 2 is 2.31 bits per heavy atom. The highest BCUT2D eigenvalue weighted by Crippen LogP contribution is 2.35. The van der Waals surface area contributed by atoms with Crippen molar-refractivity contribution in [3.63, 3.8) is 0 Å². The zero-order valence-electron chi connectivity index (χ0n) is 9.07. The van der Waals surface area contributed by atoms with Gasteiger partial charge in [-0.2, -0.15) is 0 Å². The van der Waals surface area contributed by atoms with E-state index in [1.807, 2.05) is 19.1 Å². The van der Waals surface area contributed by atoms with Gasteiger partial charge in [0.15, 0.2) is 0 Å². The summed E-state index contributed by atoms with van der Waals surface area (Å²) >= 11 is 2.38. The van der Waals surface area contributed by atoms with E-state index < -0.39 is 0 Å². The molecule has 0 fully saturated rings. The van der Waals surface area contributed by atoms with Gasteiger partial charge in [-0.05, 0) is 24.5 Å². The number of alkyl carbamates (subject to hydrolysis) is 1. The number of alkyl halides is 1. The number of carbonyl (C=O) groups excluding carboxylic acids is 1. The first-order valence-corrected chi connectivity index (χ1v) is 6.62. The molecule has 1 aromatic carbocycles. The predicted octanol–water partition coefficient (Wildman–Crippen LogP) is 2.83. The second-order valence-corrected chi connectivity index (χ2v) is 5.36. The average molecular weight is 331 g/mol. The van der Waals surface area contributed by atoms with E-state index in [2.05, 4.69) is 40.0 Å². The minimum Gasteiger partial charge on any atom is -0.450 e. The number of fused-ring (bicyclic) bond motifs is 1. The van der Waals surface area contributed by atoms with Crippen molar-refractivity contribution in [3.05, 3.63) is 35.4 Å². The highest BCUT2D eigenvalue weighted by molar-refractivity contribution is 14.1. The summed E-state index contributed by atoms with van der Waals surface area (Å²) in [6.07, 6.45) is 0.680. The summed E-state index contributed by atoms with van der Waals surface area (Å²) in [5.74, 6) is 0.